The van der Waals surface area contributed by atoms with Crippen molar-refractivity contribution < 1.29 is 17.5 Å². The van der Waals surface area contributed by atoms with Crippen LogP contribution in [0.3, 0.4) is 0 Å². The van der Waals surface area contributed by atoms with E-state index in [9.17, 15) is 12.8 Å². The van der Waals surface area contributed by atoms with Gasteiger partial charge in [0.2, 0.25) is 10.0 Å². The zero-order chi connectivity index (χ0) is 14.5. The van der Waals surface area contributed by atoms with Crippen molar-refractivity contribution in [3.8, 4) is 5.75 Å². The second-order valence-corrected chi connectivity index (χ2v) is 6.37. The second kappa shape index (κ2) is 6.86. The van der Waals surface area contributed by atoms with E-state index < -0.39 is 10.0 Å². The highest BCUT2D eigenvalue weighted by molar-refractivity contribution is 7.89. The van der Waals surface area contributed by atoms with Crippen LogP contribution in [-0.4, -0.2) is 20.8 Å². The molecule has 0 spiro atoms. The molecule has 0 amide bonds. The molecule has 0 aromatic heterocycles. The van der Waals surface area contributed by atoms with Gasteiger partial charge in [-0.05, 0) is 25.0 Å². The van der Waals surface area contributed by atoms with Gasteiger partial charge >= 0.3 is 0 Å². The number of sulfonamides is 1. The maximum atomic E-state index is 13.3. The highest BCUT2D eigenvalue weighted by atomic mass is 32.2. The van der Waals surface area contributed by atoms with E-state index in [-0.39, 0.29) is 24.1 Å². The van der Waals surface area contributed by atoms with Crippen LogP contribution in [0.1, 0.15) is 25.3 Å². The van der Waals surface area contributed by atoms with Gasteiger partial charge in [-0.25, -0.2) is 17.9 Å². The summed E-state index contributed by atoms with van der Waals surface area (Å²) in [6, 6.07) is 4.59. The average Bonchev–Trinajstić information content (AvgIpc) is 2.29. The summed E-state index contributed by atoms with van der Waals surface area (Å²) in [5.74, 6) is -0.228. The summed E-state index contributed by atoms with van der Waals surface area (Å²) in [5, 5.41) is 5.04. The van der Waals surface area contributed by atoms with Crippen molar-refractivity contribution in [3.05, 3.63) is 29.6 Å². The molecule has 0 heterocycles. The summed E-state index contributed by atoms with van der Waals surface area (Å²) in [7, 11) is -3.52. The third kappa shape index (κ3) is 6.02. The molecule has 1 aromatic carbocycles. The van der Waals surface area contributed by atoms with E-state index in [1.165, 1.54) is 6.07 Å². The first-order valence-corrected chi connectivity index (χ1v) is 7.92. The Hall–Kier alpha value is -1.14. The molecule has 0 fully saturated rings. The fourth-order valence-electron chi connectivity index (χ4n) is 1.83. The zero-order valence-electron chi connectivity index (χ0n) is 11.2. The number of halogens is 1. The molecule has 0 aliphatic rings. The van der Waals surface area contributed by atoms with Gasteiger partial charge in [-0.3, -0.25) is 0 Å². The Morgan fingerprint density at radius 1 is 1.42 bits per heavy atom. The van der Waals surface area contributed by atoms with Gasteiger partial charge in [-0.2, -0.15) is 0 Å². The molecule has 6 heteroatoms. The molecule has 1 unspecified atom stereocenters. The zero-order valence-corrected chi connectivity index (χ0v) is 12.0. The molecule has 19 heavy (non-hydrogen) atoms. The maximum absolute atomic E-state index is 13.3. The number of benzene rings is 1. The Kier molecular flexibility index (Phi) is 5.75. The smallest absolute Gasteiger partial charge is 0.209 e. The molecule has 0 aliphatic carbocycles. The third-order valence-electron chi connectivity index (χ3n) is 2.79. The van der Waals surface area contributed by atoms with Crippen molar-refractivity contribution in [1.82, 2.24) is 0 Å². The fraction of sp³-hybridized carbons (Fsp3) is 0.538. The van der Waals surface area contributed by atoms with Crippen LogP contribution in [-0.2, 0) is 10.0 Å². The van der Waals surface area contributed by atoms with Crippen LogP contribution in [0.25, 0.3) is 0 Å². The van der Waals surface area contributed by atoms with Crippen LogP contribution in [0.15, 0.2) is 18.2 Å². The van der Waals surface area contributed by atoms with Crippen LogP contribution in [0.2, 0.25) is 0 Å². The van der Waals surface area contributed by atoms with E-state index in [1.54, 1.807) is 19.1 Å². The lowest BCUT2D eigenvalue weighted by molar-refractivity contribution is 0.251. The van der Waals surface area contributed by atoms with Gasteiger partial charge in [0, 0.05) is 12.0 Å². The minimum absolute atomic E-state index is 0.116. The highest BCUT2D eigenvalue weighted by Crippen LogP contribution is 2.18. The normalized spacial score (nSPS) is 13.3. The molecule has 4 nitrogen and oxygen atoms in total. The summed E-state index contributed by atoms with van der Waals surface area (Å²) < 4.78 is 40.9. The largest absolute Gasteiger partial charge is 0.493 e. The molecular weight excluding hydrogens is 269 g/mol. The van der Waals surface area contributed by atoms with E-state index >= 15 is 0 Å². The Morgan fingerprint density at radius 2 is 2.11 bits per heavy atom. The predicted molar refractivity (Wildman–Crippen MR) is 73.0 cm³/mol. The van der Waals surface area contributed by atoms with Crippen LogP contribution in [0.4, 0.5) is 4.39 Å². The monoisotopic (exact) mass is 289 g/mol. The predicted octanol–water partition coefficient (Wildman–Crippen LogP) is 2.22. The molecule has 0 aliphatic heterocycles. The maximum Gasteiger partial charge on any atom is 0.209 e. The van der Waals surface area contributed by atoms with E-state index in [4.69, 9.17) is 9.88 Å². The minimum atomic E-state index is -3.52. The lowest BCUT2D eigenvalue weighted by Gasteiger charge is -2.16. The number of aryl methyl sites for hydroxylation is 1. The van der Waals surface area contributed by atoms with Crippen molar-refractivity contribution in [2.24, 2.45) is 11.1 Å². The van der Waals surface area contributed by atoms with Crippen LogP contribution in [0.5, 0.6) is 5.75 Å². The van der Waals surface area contributed by atoms with Crippen molar-refractivity contribution in [2.75, 3.05) is 12.4 Å². The lowest BCUT2D eigenvalue weighted by atomic mass is 10.1. The number of rotatable bonds is 7. The van der Waals surface area contributed by atoms with Crippen molar-refractivity contribution >= 4 is 10.0 Å². The molecule has 0 saturated heterocycles. The molecular formula is C13H20FNO3S. The Morgan fingerprint density at radius 3 is 2.63 bits per heavy atom. The van der Waals surface area contributed by atoms with Crippen LogP contribution < -0.4 is 9.88 Å². The molecule has 0 bridgehead atoms. The number of hydrogen-bond donors (Lipinski definition) is 1. The van der Waals surface area contributed by atoms with Gasteiger partial charge in [0.15, 0.2) is 0 Å². The van der Waals surface area contributed by atoms with E-state index in [0.717, 1.165) is 6.42 Å². The molecule has 0 radical (unpaired) electrons. The number of ether oxygens (including phenoxy) is 1. The van der Waals surface area contributed by atoms with Gasteiger partial charge in [-0.1, -0.05) is 19.4 Å². The minimum Gasteiger partial charge on any atom is -0.493 e. The molecule has 1 aromatic rings. The van der Waals surface area contributed by atoms with Gasteiger partial charge < -0.3 is 4.74 Å². The topological polar surface area (TPSA) is 69.4 Å². The first-order chi connectivity index (χ1) is 8.81. The summed E-state index contributed by atoms with van der Waals surface area (Å²) >= 11 is 0. The summed E-state index contributed by atoms with van der Waals surface area (Å²) in [4.78, 5) is 0. The average molecular weight is 289 g/mol. The first kappa shape index (κ1) is 15.9. The second-order valence-electron chi connectivity index (χ2n) is 4.71. The molecule has 2 N–H and O–H groups in total. The summed E-state index contributed by atoms with van der Waals surface area (Å²) in [5.41, 5.74) is 0.544. The third-order valence-corrected chi connectivity index (χ3v) is 3.73. The number of hydrogen-bond acceptors (Lipinski definition) is 3. The van der Waals surface area contributed by atoms with Gasteiger partial charge in [-0.15, -0.1) is 0 Å². The van der Waals surface area contributed by atoms with Gasteiger partial charge in [0.1, 0.15) is 11.6 Å². The van der Waals surface area contributed by atoms with E-state index in [0.29, 0.717) is 17.7 Å². The number of nitrogens with two attached hydrogens (primary N) is 1. The SMILES string of the molecule is CCCC(COc1ccc(C)c(F)c1)CS(N)(=O)=O. The Labute approximate surface area is 113 Å². The lowest BCUT2D eigenvalue weighted by Crippen LogP contribution is -2.27. The first-order valence-electron chi connectivity index (χ1n) is 6.21. The number of primary sulfonamides is 1. The van der Waals surface area contributed by atoms with Crippen LogP contribution in [0, 0.1) is 18.7 Å². The van der Waals surface area contributed by atoms with Crippen molar-refractivity contribution in [2.45, 2.75) is 26.7 Å². The van der Waals surface area contributed by atoms with E-state index in [1.807, 2.05) is 6.92 Å². The Balaban J connectivity index is 2.62. The molecule has 1 atom stereocenters. The highest BCUT2D eigenvalue weighted by Gasteiger charge is 2.16. The van der Waals surface area contributed by atoms with Gasteiger partial charge in [0.25, 0.3) is 0 Å². The quantitative estimate of drug-likeness (QED) is 0.836. The molecule has 108 valence electrons. The molecule has 0 saturated carbocycles. The summed E-state index contributed by atoms with van der Waals surface area (Å²) in [6.45, 7) is 3.84. The molecule has 1 rings (SSSR count). The fourth-order valence-corrected chi connectivity index (χ4v) is 2.75. The van der Waals surface area contributed by atoms with E-state index in [2.05, 4.69) is 0 Å². The Bertz CT molecular complexity index is 517. The van der Waals surface area contributed by atoms with Crippen molar-refractivity contribution in [1.29, 1.82) is 0 Å². The summed E-state index contributed by atoms with van der Waals surface area (Å²) in [6.07, 6.45) is 1.54. The standard InChI is InChI=1S/C13H20FNO3S/c1-3-4-11(9-19(15,16)17)8-18-12-6-5-10(2)13(14)7-12/h5-7,11H,3-4,8-9H2,1-2H3,(H2,15,16,17). The van der Waals surface area contributed by atoms with Crippen molar-refractivity contribution in [3.63, 3.8) is 0 Å². The van der Waals surface area contributed by atoms with Gasteiger partial charge in [0.05, 0.1) is 12.4 Å². The van der Waals surface area contributed by atoms with Crippen LogP contribution >= 0.6 is 0 Å².